The number of nitrogens with one attached hydrogen (secondary N) is 3. The van der Waals surface area contributed by atoms with Crippen molar-refractivity contribution in [2.24, 2.45) is 11.7 Å². The summed E-state index contributed by atoms with van der Waals surface area (Å²) in [4.78, 5) is 36.9. The van der Waals surface area contributed by atoms with Gasteiger partial charge in [0.2, 0.25) is 11.8 Å². The zero-order valence-corrected chi connectivity index (χ0v) is 18.2. The summed E-state index contributed by atoms with van der Waals surface area (Å²) in [6.07, 6.45) is -0.456. The van der Waals surface area contributed by atoms with Crippen molar-refractivity contribution in [1.29, 1.82) is 5.41 Å². The van der Waals surface area contributed by atoms with E-state index in [1.165, 1.54) is 0 Å². The van der Waals surface area contributed by atoms with E-state index in [1.54, 1.807) is 24.3 Å². The lowest BCUT2D eigenvalue weighted by Crippen LogP contribution is -2.39. The normalized spacial score (nSPS) is 12.1. The maximum Gasteiger partial charge on any atom is 0.303 e. The average Bonchev–Trinajstić information content (AvgIpc) is 2.79. The van der Waals surface area contributed by atoms with Crippen LogP contribution in [0.5, 0.6) is 0 Å². The van der Waals surface area contributed by atoms with Crippen LogP contribution in [0, 0.1) is 11.3 Å². The van der Waals surface area contributed by atoms with Crippen molar-refractivity contribution in [2.75, 3.05) is 5.32 Å². The lowest BCUT2D eigenvalue weighted by molar-refractivity contribution is -0.138. The van der Waals surface area contributed by atoms with Crippen LogP contribution in [0.4, 0.5) is 5.69 Å². The molecule has 1 unspecified atom stereocenters. The van der Waals surface area contributed by atoms with Gasteiger partial charge < -0.3 is 21.5 Å². The van der Waals surface area contributed by atoms with Crippen LogP contribution in [0.1, 0.15) is 44.4 Å². The molecule has 8 nitrogen and oxygen atoms in total. The molecule has 34 heavy (non-hydrogen) atoms. The number of carbonyl (C=O) groups is 3. The van der Waals surface area contributed by atoms with Crippen molar-refractivity contribution in [3.8, 4) is 0 Å². The minimum Gasteiger partial charge on any atom is -0.481 e. The lowest BCUT2D eigenvalue weighted by atomic mass is 9.98. The highest BCUT2D eigenvalue weighted by atomic mass is 16.4. The van der Waals surface area contributed by atoms with Gasteiger partial charge in [0.1, 0.15) is 11.8 Å². The number of carboxylic acids is 1. The van der Waals surface area contributed by atoms with Crippen molar-refractivity contribution in [2.45, 2.75) is 33.2 Å². The fourth-order valence-corrected chi connectivity index (χ4v) is 3.49. The van der Waals surface area contributed by atoms with E-state index in [4.69, 9.17) is 16.2 Å². The minimum atomic E-state index is -1.18. The van der Waals surface area contributed by atoms with E-state index in [1.807, 2.05) is 49.4 Å². The summed E-state index contributed by atoms with van der Waals surface area (Å²) in [6, 6.07) is 19.6. The van der Waals surface area contributed by atoms with E-state index in [9.17, 15) is 14.4 Å². The van der Waals surface area contributed by atoms with Crippen molar-refractivity contribution in [3.63, 3.8) is 0 Å². The van der Waals surface area contributed by atoms with Gasteiger partial charge in [-0.15, -0.1) is 0 Å². The van der Waals surface area contributed by atoms with Gasteiger partial charge >= 0.3 is 5.97 Å². The second-order valence-electron chi connectivity index (χ2n) is 7.80. The third-order valence-electron chi connectivity index (χ3n) is 5.38. The number of amides is 2. The molecule has 0 aliphatic heterocycles. The first-order chi connectivity index (χ1) is 15.7. The van der Waals surface area contributed by atoms with Crippen molar-refractivity contribution >= 4 is 40.1 Å². The number of rotatable bonds is 9. The van der Waals surface area contributed by atoms with E-state index < -0.39 is 23.7 Å². The number of carbonyl (C=O) groups excluding carboxylic acids is 2. The van der Waals surface area contributed by atoms with E-state index in [0.717, 1.165) is 16.3 Å². The topological polar surface area (TPSA) is 145 Å². The van der Waals surface area contributed by atoms with Gasteiger partial charge in [-0.1, -0.05) is 43.8 Å². The number of carboxylic acid groups (broad SMARTS) is 1. The molecule has 8 heteroatoms. The fraction of sp³-hybridized carbons (Fsp3) is 0.231. The minimum absolute atomic E-state index is 0. The Bertz CT molecular complexity index is 1190. The fourth-order valence-electron chi connectivity index (χ4n) is 3.49. The maximum atomic E-state index is 13.0. The monoisotopic (exact) mass is 462 g/mol. The molecule has 3 aromatic rings. The number of nitrogen functional groups attached to an aromatic ring is 1. The Labute approximate surface area is 198 Å². The first-order valence-corrected chi connectivity index (χ1v) is 10.5. The second-order valence-corrected chi connectivity index (χ2v) is 7.80. The molecule has 6 N–H and O–H groups in total. The zero-order chi connectivity index (χ0) is 24.0. The Balaban J connectivity index is 0.00000408. The lowest BCUT2D eigenvalue weighted by Gasteiger charge is -2.20. The van der Waals surface area contributed by atoms with E-state index in [-0.39, 0.29) is 32.1 Å². The predicted molar refractivity (Wildman–Crippen MR) is 134 cm³/mol. The molecule has 3 rings (SSSR count). The van der Waals surface area contributed by atoms with E-state index in [0.29, 0.717) is 11.3 Å². The smallest absolute Gasteiger partial charge is 0.303 e. The molecule has 0 saturated heterocycles. The van der Waals surface area contributed by atoms with Crippen LogP contribution in [0.15, 0.2) is 66.7 Å². The van der Waals surface area contributed by atoms with Crippen LogP contribution in [0.25, 0.3) is 10.8 Å². The van der Waals surface area contributed by atoms with Crippen molar-refractivity contribution in [1.82, 2.24) is 5.32 Å². The summed E-state index contributed by atoms with van der Waals surface area (Å²) in [5, 5.41) is 24.1. The molecule has 0 radical (unpaired) electrons. The number of hydrogen-bond acceptors (Lipinski definition) is 4. The second kappa shape index (κ2) is 11.6. The summed E-state index contributed by atoms with van der Waals surface area (Å²) in [5.74, 6) is -3.52. The van der Waals surface area contributed by atoms with Gasteiger partial charge in [-0.2, -0.15) is 0 Å². The molecule has 178 valence electrons. The standard InChI is InChI=1S/C25H26N4O4.CH4/c1-15(18-7-6-16-4-2-3-5-19(16)14-18)28-24(32)21(12-13-22(30)31)25(33)29-20-10-8-17(9-11-20)23(26)27;/h2-11,14-15,21H,12-13H2,1H3,(H3,26,27)(H,28,32)(H,29,33)(H,30,31);1H4/t15-,21?;/m0./s1. The first-order valence-electron chi connectivity index (χ1n) is 10.5. The molecule has 3 aromatic carbocycles. The molecule has 2 amide bonds. The Morgan fingerprint density at radius 3 is 2.24 bits per heavy atom. The zero-order valence-electron chi connectivity index (χ0n) is 18.2. The molecule has 0 aromatic heterocycles. The Morgan fingerprint density at radius 2 is 1.62 bits per heavy atom. The van der Waals surface area contributed by atoms with Gasteiger partial charge in [0.05, 0.1) is 6.04 Å². The van der Waals surface area contributed by atoms with Crippen LogP contribution in [0.2, 0.25) is 0 Å². The number of fused-ring (bicyclic) bond motifs is 1. The molecule has 0 bridgehead atoms. The summed E-state index contributed by atoms with van der Waals surface area (Å²) in [5.41, 5.74) is 7.22. The van der Waals surface area contributed by atoms with Gasteiger partial charge in [0, 0.05) is 17.7 Å². The van der Waals surface area contributed by atoms with Crippen molar-refractivity contribution in [3.05, 3.63) is 77.9 Å². The molecular formula is C26H30N4O4. The summed E-state index contributed by atoms with van der Waals surface area (Å²) < 4.78 is 0. The molecule has 0 aliphatic carbocycles. The highest BCUT2D eigenvalue weighted by molar-refractivity contribution is 6.07. The third kappa shape index (κ3) is 6.65. The van der Waals surface area contributed by atoms with Crippen molar-refractivity contribution < 1.29 is 19.5 Å². The van der Waals surface area contributed by atoms with E-state index >= 15 is 0 Å². The summed E-state index contributed by atoms with van der Waals surface area (Å²) in [7, 11) is 0. The number of hydrogen-bond donors (Lipinski definition) is 5. The largest absolute Gasteiger partial charge is 0.481 e. The molecule has 0 heterocycles. The predicted octanol–water partition coefficient (Wildman–Crippen LogP) is 4.06. The summed E-state index contributed by atoms with van der Waals surface area (Å²) >= 11 is 0. The Morgan fingerprint density at radius 1 is 0.971 bits per heavy atom. The van der Waals surface area contributed by atoms with Crippen LogP contribution in [-0.4, -0.2) is 28.7 Å². The molecular weight excluding hydrogens is 432 g/mol. The number of amidine groups is 1. The average molecular weight is 463 g/mol. The van der Waals surface area contributed by atoms with Gasteiger partial charge in [0.25, 0.3) is 0 Å². The highest BCUT2D eigenvalue weighted by Gasteiger charge is 2.28. The summed E-state index contributed by atoms with van der Waals surface area (Å²) in [6.45, 7) is 1.81. The van der Waals surface area contributed by atoms with E-state index in [2.05, 4.69) is 10.6 Å². The SMILES string of the molecule is C.C[C@H](NC(=O)C(CCC(=O)O)C(=O)Nc1ccc(C(=N)N)cc1)c1ccc2ccccc2c1. The first kappa shape index (κ1) is 26.1. The Kier molecular flexibility index (Phi) is 8.89. The number of aliphatic carboxylic acids is 1. The van der Waals surface area contributed by atoms with Crippen LogP contribution in [-0.2, 0) is 14.4 Å². The Hall–Kier alpha value is -4.20. The van der Waals surface area contributed by atoms with Crippen LogP contribution in [0.3, 0.4) is 0 Å². The molecule has 0 fully saturated rings. The van der Waals surface area contributed by atoms with Gasteiger partial charge in [-0.05, 0) is 60.0 Å². The molecule has 0 aliphatic rings. The van der Waals surface area contributed by atoms with Gasteiger partial charge in [-0.3, -0.25) is 19.8 Å². The molecule has 0 spiro atoms. The van der Waals surface area contributed by atoms with Gasteiger partial charge in [0.15, 0.2) is 0 Å². The number of nitrogens with two attached hydrogens (primary N) is 1. The number of anilines is 1. The molecule has 2 atom stereocenters. The highest BCUT2D eigenvalue weighted by Crippen LogP contribution is 2.21. The van der Waals surface area contributed by atoms with Crippen LogP contribution < -0.4 is 16.4 Å². The maximum absolute atomic E-state index is 13.0. The number of benzene rings is 3. The molecule has 0 saturated carbocycles. The van der Waals surface area contributed by atoms with Gasteiger partial charge in [-0.25, -0.2) is 0 Å². The third-order valence-corrected chi connectivity index (χ3v) is 5.38. The quantitative estimate of drug-likeness (QED) is 0.185. The van der Waals surface area contributed by atoms with Crippen LogP contribution >= 0.6 is 0 Å².